The summed E-state index contributed by atoms with van der Waals surface area (Å²) in [7, 11) is 1.68. The van der Waals surface area contributed by atoms with E-state index in [9.17, 15) is 4.79 Å². The van der Waals surface area contributed by atoms with Gasteiger partial charge in [-0.25, -0.2) is 0 Å². The average Bonchev–Trinajstić information content (AvgIpc) is 2.75. The van der Waals surface area contributed by atoms with Crippen molar-refractivity contribution in [3.63, 3.8) is 0 Å². The Morgan fingerprint density at radius 3 is 2.94 bits per heavy atom. The van der Waals surface area contributed by atoms with Crippen LogP contribution >= 0.6 is 11.8 Å². The molecular formula is C10H15N5OS. The Balaban J connectivity index is 2.43. The van der Waals surface area contributed by atoms with Crippen molar-refractivity contribution in [3.8, 4) is 0 Å². The summed E-state index contributed by atoms with van der Waals surface area (Å²) >= 11 is 1.73. The van der Waals surface area contributed by atoms with Crippen molar-refractivity contribution in [2.24, 2.45) is 12.8 Å². The molecule has 2 N–H and O–H groups in total. The molecule has 6 nitrogen and oxygen atoms in total. The fourth-order valence-electron chi connectivity index (χ4n) is 1.62. The molecule has 92 valence electrons. The van der Waals surface area contributed by atoms with Crippen molar-refractivity contribution in [2.75, 3.05) is 12.0 Å². The van der Waals surface area contributed by atoms with Crippen LogP contribution in [-0.4, -0.2) is 31.2 Å². The molecule has 0 saturated heterocycles. The lowest BCUT2D eigenvalue weighted by molar-refractivity contribution is 0.644. The van der Waals surface area contributed by atoms with Crippen LogP contribution in [0, 0.1) is 0 Å². The van der Waals surface area contributed by atoms with Crippen LogP contribution in [0.15, 0.2) is 17.2 Å². The van der Waals surface area contributed by atoms with Crippen LogP contribution < -0.4 is 11.3 Å². The maximum absolute atomic E-state index is 11.8. The first-order chi connectivity index (χ1) is 8.15. The minimum absolute atomic E-state index is 0.164. The van der Waals surface area contributed by atoms with Gasteiger partial charge < -0.3 is 10.3 Å². The van der Waals surface area contributed by atoms with E-state index in [1.165, 1.54) is 4.57 Å². The van der Waals surface area contributed by atoms with Crippen molar-refractivity contribution in [1.29, 1.82) is 0 Å². The van der Waals surface area contributed by atoms with E-state index in [0.717, 1.165) is 12.2 Å². The zero-order chi connectivity index (χ0) is 12.4. The molecule has 17 heavy (non-hydrogen) atoms. The average molecular weight is 253 g/mol. The van der Waals surface area contributed by atoms with Gasteiger partial charge in [0, 0.05) is 19.4 Å². The summed E-state index contributed by atoms with van der Waals surface area (Å²) < 4.78 is 3.15. The largest absolute Gasteiger partial charge is 0.321 e. The van der Waals surface area contributed by atoms with E-state index in [2.05, 4.69) is 10.2 Å². The van der Waals surface area contributed by atoms with Crippen LogP contribution in [0.5, 0.6) is 0 Å². The van der Waals surface area contributed by atoms with Crippen LogP contribution in [0.1, 0.15) is 18.3 Å². The first kappa shape index (κ1) is 12.1. The third-order valence-corrected chi connectivity index (χ3v) is 3.28. The quantitative estimate of drug-likeness (QED) is 0.841. The number of aromatic nitrogens is 4. The van der Waals surface area contributed by atoms with E-state index in [1.807, 2.05) is 6.26 Å². The number of aryl methyl sites for hydroxylation is 1. The van der Waals surface area contributed by atoms with Crippen LogP contribution in [0.4, 0.5) is 0 Å². The summed E-state index contributed by atoms with van der Waals surface area (Å²) in [6.45, 7) is 0. The zero-order valence-electron chi connectivity index (χ0n) is 9.83. The molecule has 0 aliphatic carbocycles. The Morgan fingerprint density at radius 2 is 2.24 bits per heavy atom. The van der Waals surface area contributed by atoms with Gasteiger partial charge in [0.15, 0.2) is 5.82 Å². The van der Waals surface area contributed by atoms with Crippen LogP contribution in [0.3, 0.4) is 0 Å². The highest BCUT2D eigenvalue weighted by molar-refractivity contribution is 7.98. The highest BCUT2D eigenvalue weighted by Gasteiger charge is 2.15. The molecule has 0 aliphatic rings. The maximum Gasteiger partial charge on any atom is 0.295 e. The van der Waals surface area contributed by atoms with Crippen molar-refractivity contribution < 1.29 is 0 Å². The second-order valence-electron chi connectivity index (χ2n) is 3.85. The highest BCUT2D eigenvalue weighted by atomic mass is 32.2. The maximum atomic E-state index is 11.8. The molecule has 0 radical (unpaired) electrons. The van der Waals surface area contributed by atoms with Gasteiger partial charge in [-0.1, -0.05) is 0 Å². The minimum Gasteiger partial charge on any atom is -0.321 e. The number of nitrogens with two attached hydrogens (primary N) is 1. The first-order valence-electron chi connectivity index (χ1n) is 5.30. The lowest BCUT2D eigenvalue weighted by Crippen LogP contribution is -2.20. The summed E-state index contributed by atoms with van der Waals surface area (Å²) in [6.07, 6.45) is 6.30. The van der Waals surface area contributed by atoms with Crippen molar-refractivity contribution in [1.82, 2.24) is 19.2 Å². The van der Waals surface area contributed by atoms with E-state index < -0.39 is 0 Å². The molecule has 2 heterocycles. The van der Waals surface area contributed by atoms with Gasteiger partial charge in [0.05, 0.1) is 6.04 Å². The normalized spacial score (nSPS) is 13.1. The molecule has 0 bridgehead atoms. The standard InChI is InChI=1S/C10H15N5OS/c1-14-4-5-15-8(7(11)3-6-17-2)12-13-9(15)10(14)16/h4-5,7H,3,6,11H2,1-2H3. The topological polar surface area (TPSA) is 78.2 Å². The zero-order valence-corrected chi connectivity index (χ0v) is 10.6. The van der Waals surface area contributed by atoms with E-state index in [-0.39, 0.29) is 11.6 Å². The number of nitrogens with zero attached hydrogens (tertiary/aromatic N) is 4. The van der Waals surface area contributed by atoms with Crippen molar-refractivity contribution in [3.05, 3.63) is 28.6 Å². The number of hydrogen-bond acceptors (Lipinski definition) is 5. The Hall–Kier alpha value is -1.34. The van der Waals surface area contributed by atoms with Crippen molar-refractivity contribution in [2.45, 2.75) is 12.5 Å². The van der Waals surface area contributed by atoms with Gasteiger partial charge in [-0.05, 0) is 18.4 Å². The third-order valence-electron chi connectivity index (χ3n) is 2.64. The molecule has 0 saturated carbocycles. The lowest BCUT2D eigenvalue weighted by atomic mass is 10.2. The molecule has 1 unspecified atom stereocenters. The van der Waals surface area contributed by atoms with E-state index in [4.69, 9.17) is 5.73 Å². The number of fused-ring (bicyclic) bond motifs is 1. The monoisotopic (exact) mass is 253 g/mol. The van der Waals surface area contributed by atoms with E-state index >= 15 is 0 Å². The van der Waals surface area contributed by atoms with Crippen LogP contribution in [0.25, 0.3) is 5.65 Å². The summed E-state index contributed by atoms with van der Waals surface area (Å²) in [5.41, 5.74) is 6.19. The Bertz CT molecular complexity index is 576. The molecule has 2 aromatic heterocycles. The first-order valence-corrected chi connectivity index (χ1v) is 6.69. The number of thioether (sulfide) groups is 1. The SMILES string of the molecule is CSCCC(N)c1nnc2c(=O)n(C)ccn12. The summed E-state index contributed by atoms with van der Waals surface area (Å²) in [5, 5.41) is 7.92. The predicted octanol–water partition coefficient (Wildman–Crippen LogP) is 0.181. The molecule has 2 rings (SSSR count). The highest BCUT2D eigenvalue weighted by Crippen LogP contribution is 2.13. The van der Waals surface area contributed by atoms with Gasteiger partial charge in [0.25, 0.3) is 5.56 Å². The van der Waals surface area contributed by atoms with Gasteiger partial charge in [0.1, 0.15) is 0 Å². The Labute approximate surface area is 103 Å². The van der Waals surface area contributed by atoms with E-state index in [0.29, 0.717) is 11.5 Å². The molecule has 0 aromatic carbocycles. The third kappa shape index (κ3) is 2.20. The van der Waals surface area contributed by atoms with Gasteiger partial charge in [-0.15, -0.1) is 10.2 Å². The smallest absolute Gasteiger partial charge is 0.295 e. The lowest BCUT2D eigenvalue weighted by Gasteiger charge is -2.08. The number of hydrogen-bond donors (Lipinski definition) is 1. The molecule has 7 heteroatoms. The molecule has 0 fully saturated rings. The van der Waals surface area contributed by atoms with Gasteiger partial charge in [-0.2, -0.15) is 11.8 Å². The summed E-state index contributed by atoms with van der Waals surface area (Å²) in [4.78, 5) is 11.8. The summed E-state index contributed by atoms with van der Waals surface area (Å²) in [5.74, 6) is 1.60. The van der Waals surface area contributed by atoms with Crippen LogP contribution in [0.2, 0.25) is 0 Å². The van der Waals surface area contributed by atoms with Gasteiger partial charge in [-0.3, -0.25) is 9.20 Å². The second kappa shape index (κ2) is 4.89. The fourth-order valence-corrected chi connectivity index (χ4v) is 2.10. The van der Waals surface area contributed by atoms with E-state index in [1.54, 1.807) is 35.6 Å². The fraction of sp³-hybridized carbons (Fsp3) is 0.500. The Kier molecular flexibility index (Phi) is 3.49. The molecule has 0 spiro atoms. The second-order valence-corrected chi connectivity index (χ2v) is 4.84. The molecule has 2 aromatic rings. The molecular weight excluding hydrogens is 238 g/mol. The Morgan fingerprint density at radius 1 is 1.47 bits per heavy atom. The van der Waals surface area contributed by atoms with Crippen LogP contribution in [-0.2, 0) is 7.05 Å². The van der Waals surface area contributed by atoms with Gasteiger partial charge in [0.2, 0.25) is 5.65 Å². The summed E-state index contributed by atoms with van der Waals surface area (Å²) in [6, 6.07) is -0.190. The van der Waals surface area contributed by atoms with Gasteiger partial charge >= 0.3 is 0 Å². The predicted molar refractivity (Wildman–Crippen MR) is 68.2 cm³/mol. The minimum atomic E-state index is -0.190. The van der Waals surface area contributed by atoms with Crippen molar-refractivity contribution >= 4 is 17.4 Å². The molecule has 0 amide bonds. The molecule has 1 atom stereocenters. The number of rotatable bonds is 4. The molecule has 0 aliphatic heterocycles.